The highest BCUT2D eigenvalue weighted by atomic mass is 35.5. The molecule has 2 aliphatic heterocycles. The van der Waals surface area contributed by atoms with Gasteiger partial charge in [0, 0.05) is 29.9 Å². The molecule has 1 aromatic carbocycles. The zero-order valence-electron chi connectivity index (χ0n) is 16.5. The van der Waals surface area contributed by atoms with Crippen molar-refractivity contribution in [1.82, 2.24) is 9.29 Å². The summed E-state index contributed by atoms with van der Waals surface area (Å²) >= 11 is 6.12. The normalized spacial score (nSPS) is 20.9. The van der Waals surface area contributed by atoms with Gasteiger partial charge in [-0.2, -0.15) is 0 Å². The summed E-state index contributed by atoms with van der Waals surface area (Å²) in [4.78, 5) is 19.1. The molecule has 6 nitrogen and oxygen atoms in total. The van der Waals surface area contributed by atoms with Crippen molar-refractivity contribution in [2.45, 2.75) is 38.6 Å². The van der Waals surface area contributed by atoms with Crippen LogP contribution in [-0.4, -0.2) is 42.5 Å². The van der Waals surface area contributed by atoms with Crippen LogP contribution in [0.25, 0.3) is 0 Å². The Morgan fingerprint density at radius 3 is 2.59 bits per heavy atom. The molecule has 0 saturated carbocycles. The lowest BCUT2D eigenvalue weighted by Gasteiger charge is -2.31. The fourth-order valence-corrected chi connectivity index (χ4v) is 5.62. The Hall–Kier alpha value is -1.96. The fraction of sp³-hybridized carbons (Fsp3) is 0.429. The number of benzene rings is 1. The van der Waals surface area contributed by atoms with Gasteiger partial charge >= 0.3 is 0 Å². The highest BCUT2D eigenvalue weighted by Gasteiger charge is 2.35. The number of nitrogens with zero attached hydrogens (tertiary/aromatic N) is 3. The van der Waals surface area contributed by atoms with E-state index in [2.05, 4.69) is 4.98 Å². The van der Waals surface area contributed by atoms with Crippen molar-refractivity contribution in [3.8, 4) is 0 Å². The van der Waals surface area contributed by atoms with Gasteiger partial charge in [0.1, 0.15) is 0 Å². The summed E-state index contributed by atoms with van der Waals surface area (Å²) in [5, 5.41) is 0.617. The summed E-state index contributed by atoms with van der Waals surface area (Å²) < 4.78 is 25.8. The number of pyridine rings is 1. The molecular formula is C21H24ClN3O3S. The van der Waals surface area contributed by atoms with E-state index in [9.17, 15) is 13.2 Å². The number of carbonyl (C=O) groups is 1. The molecule has 1 atom stereocenters. The Labute approximate surface area is 176 Å². The predicted octanol–water partition coefficient (Wildman–Crippen LogP) is 3.99. The van der Waals surface area contributed by atoms with Crippen molar-refractivity contribution in [3.05, 3.63) is 58.4 Å². The number of sulfonamides is 1. The lowest BCUT2D eigenvalue weighted by atomic mass is 9.91. The van der Waals surface area contributed by atoms with E-state index >= 15 is 0 Å². The molecule has 1 saturated heterocycles. The van der Waals surface area contributed by atoms with E-state index in [-0.39, 0.29) is 23.6 Å². The predicted molar refractivity (Wildman–Crippen MR) is 114 cm³/mol. The summed E-state index contributed by atoms with van der Waals surface area (Å²) in [6.45, 7) is 4.71. The van der Waals surface area contributed by atoms with Crippen LogP contribution in [0.1, 0.15) is 60.1 Å². The largest absolute Gasteiger partial charge is 0.300 e. The smallest absolute Gasteiger partial charge is 0.259 e. The van der Waals surface area contributed by atoms with E-state index in [0.717, 1.165) is 29.7 Å². The number of piperidine rings is 1. The van der Waals surface area contributed by atoms with Crippen molar-refractivity contribution >= 4 is 33.2 Å². The maximum Gasteiger partial charge on any atom is 0.259 e. The Kier molecular flexibility index (Phi) is 5.40. The Morgan fingerprint density at radius 1 is 1.17 bits per heavy atom. The second kappa shape index (κ2) is 7.70. The molecule has 154 valence electrons. The second-order valence-corrected chi connectivity index (χ2v) is 10.3. The van der Waals surface area contributed by atoms with Gasteiger partial charge in [0.15, 0.2) is 0 Å². The molecule has 1 fully saturated rings. The number of rotatable bonds is 4. The van der Waals surface area contributed by atoms with Crippen LogP contribution in [0.2, 0.25) is 5.02 Å². The zero-order valence-corrected chi connectivity index (χ0v) is 18.1. The quantitative estimate of drug-likeness (QED) is 0.731. The molecule has 2 aliphatic rings. The molecule has 29 heavy (non-hydrogen) atoms. The van der Waals surface area contributed by atoms with Crippen LogP contribution in [0, 0.1) is 0 Å². The summed E-state index contributed by atoms with van der Waals surface area (Å²) in [5.41, 5.74) is 3.40. The van der Waals surface area contributed by atoms with Crippen molar-refractivity contribution in [1.29, 1.82) is 0 Å². The molecular weight excluding hydrogens is 410 g/mol. The Bertz CT molecular complexity index is 1050. The first kappa shape index (κ1) is 20.3. The molecule has 0 N–H and O–H groups in total. The molecule has 4 rings (SSSR count). The fourth-order valence-electron chi connectivity index (χ4n) is 4.31. The topological polar surface area (TPSA) is 70.6 Å². The molecule has 8 heteroatoms. The first-order chi connectivity index (χ1) is 13.8. The van der Waals surface area contributed by atoms with Crippen LogP contribution < -0.4 is 4.90 Å². The minimum atomic E-state index is -3.14. The number of anilines is 1. The van der Waals surface area contributed by atoms with E-state index in [4.69, 9.17) is 11.6 Å². The van der Waals surface area contributed by atoms with Gasteiger partial charge in [-0.1, -0.05) is 11.6 Å². The maximum atomic E-state index is 13.0. The Balaban J connectivity index is 1.56. The summed E-state index contributed by atoms with van der Waals surface area (Å²) in [6, 6.07) is 7.26. The number of aromatic nitrogens is 1. The van der Waals surface area contributed by atoms with Gasteiger partial charge in [-0.15, -0.1) is 0 Å². The van der Waals surface area contributed by atoms with Gasteiger partial charge < -0.3 is 0 Å². The molecule has 0 bridgehead atoms. The SMILES string of the molecule is CCS(=O)(=O)N1CCC(c2cncc(N3C(=O)c4ccc(Cl)cc4[C@@H]3C)c2)CC1. The van der Waals surface area contributed by atoms with Gasteiger partial charge in [0.25, 0.3) is 5.91 Å². The molecule has 1 aromatic heterocycles. The van der Waals surface area contributed by atoms with Crippen molar-refractivity contribution < 1.29 is 13.2 Å². The van der Waals surface area contributed by atoms with E-state index in [0.29, 0.717) is 23.7 Å². The molecule has 0 unspecified atom stereocenters. The molecule has 0 aliphatic carbocycles. The third kappa shape index (κ3) is 3.67. The molecule has 3 heterocycles. The van der Waals surface area contributed by atoms with E-state index in [1.807, 2.05) is 25.3 Å². The van der Waals surface area contributed by atoms with Crippen molar-refractivity contribution in [3.63, 3.8) is 0 Å². The number of amides is 1. The van der Waals surface area contributed by atoms with E-state index < -0.39 is 10.0 Å². The summed E-state index contributed by atoms with van der Waals surface area (Å²) in [5.74, 6) is 0.316. The van der Waals surface area contributed by atoms with Crippen molar-refractivity contribution in [2.24, 2.45) is 0 Å². The number of carbonyl (C=O) groups excluding carboxylic acids is 1. The van der Waals surface area contributed by atoms with E-state index in [1.54, 1.807) is 34.5 Å². The van der Waals surface area contributed by atoms with Crippen LogP contribution in [0.4, 0.5) is 5.69 Å². The van der Waals surface area contributed by atoms with Gasteiger partial charge in [-0.25, -0.2) is 12.7 Å². The van der Waals surface area contributed by atoms with Gasteiger partial charge in [0.05, 0.1) is 23.7 Å². The standard InChI is InChI=1S/C21H24ClN3O3S/c1-3-29(27,28)24-8-6-15(7-9-24)16-10-18(13-23-12-16)25-14(2)20-11-17(22)4-5-19(20)21(25)26/h4-5,10-15H,3,6-9H2,1-2H3/t14-/m0/s1. The summed E-state index contributed by atoms with van der Waals surface area (Å²) in [7, 11) is -3.14. The van der Waals surface area contributed by atoms with Crippen LogP contribution in [0.15, 0.2) is 36.7 Å². The highest BCUT2D eigenvalue weighted by molar-refractivity contribution is 7.89. The monoisotopic (exact) mass is 433 g/mol. The first-order valence-corrected chi connectivity index (χ1v) is 11.9. The average Bonchev–Trinajstić information content (AvgIpc) is 2.98. The Morgan fingerprint density at radius 2 is 1.90 bits per heavy atom. The van der Waals surface area contributed by atoms with Gasteiger partial charge in [-0.3, -0.25) is 14.7 Å². The average molecular weight is 434 g/mol. The first-order valence-electron chi connectivity index (χ1n) is 9.87. The second-order valence-electron chi connectivity index (χ2n) is 7.63. The van der Waals surface area contributed by atoms with Gasteiger partial charge in [0.2, 0.25) is 10.0 Å². The van der Waals surface area contributed by atoms with Crippen molar-refractivity contribution in [2.75, 3.05) is 23.7 Å². The van der Waals surface area contributed by atoms with Crippen LogP contribution in [0.5, 0.6) is 0 Å². The molecule has 0 radical (unpaired) electrons. The number of hydrogen-bond donors (Lipinski definition) is 0. The van der Waals surface area contributed by atoms with Gasteiger partial charge in [-0.05, 0) is 68.0 Å². The maximum absolute atomic E-state index is 13.0. The zero-order chi connectivity index (χ0) is 20.8. The third-order valence-electron chi connectivity index (χ3n) is 6.01. The number of hydrogen-bond acceptors (Lipinski definition) is 4. The lowest BCUT2D eigenvalue weighted by Crippen LogP contribution is -2.38. The lowest BCUT2D eigenvalue weighted by molar-refractivity contribution is 0.0992. The minimum absolute atomic E-state index is 0.0491. The minimum Gasteiger partial charge on any atom is -0.300 e. The number of halogens is 1. The molecule has 1 amide bonds. The molecule has 0 spiro atoms. The van der Waals surface area contributed by atoms with Crippen LogP contribution in [0.3, 0.4) is 0 Å². The molecule has 2 aromatic rings. The summed E-state index contributed by atoms with van der Waals surface area (Å²) in [6.07, 6.45) is 5.04. The third-order valence-corrected chi connectivity index (χ3v) is 8.12. The van der Waals surface area contributed by atoms with Crippen LogP contribution in [-0.2, 0) is 10.0 Å². The highest BCUT2D eigenvalue weighted by Crippen LogP contribution is 2.39. The van der Waals surface area contributed by atoms with E-state index in [1.165, 1.54) is 0 Å². The van der Waals surface area contributed by atoms with Crippen LogP contribution >= 0.6 is 11.6 Å². The number of fused-ring (bicyclic) bond motifs is 1.